The molecule has 21 heavy (non-hydrogen) atoms. The molecule has 1 aromatic rings. The maximum absolute atomic E-state index is 4.48. The molecular weight excluding hydrogens is 395 g/mol. The van der Waals surface area contributed by atoms with Crippen molar-refractivity contribution in [2.75, 3.05) is 13.6 Å². The Hall–Kier alpha value is -0.370. The SMILES string of the molecule is CN=C(NCCc1csc(C)n1)NC1CCC(C)CC1.I. The Kier molecular flexibility index (Phi) is 8.55. The van der Waals surface area contributed by atoms with Gasteiger partial charge in [0.2, 0.25) is 0 Å². The molecule has 6 heteroatoms. The smallest absolute Gasteiger partial charge is 0.191 e. The minimum absolute atomic E-state index is 0. The minimum Gasteiger partial charge on any atom is -0.356 e. The molecule has 0 aromatic carbocycles. The van der Waals surface area contributed by atoms with E-state index in [-0.39, 0.29) is 24.0 Å². The summed E-state index contributed by atoms with van der Waals surface area (Å²) >= 11 is 1.71. The van der Waals surface area contributed by atoms with Gasteiger partial charge in [-0.1, -0.05) is 6.92 Å². The Bertz CT molecular complexity index is 439. The molecule has 1 fully saturated rings. The molecule has 1 aromatic heterocycles. The molecule has 1 aliphatic carbocycles. The van der Waals surface area contributed by atoms with Gasteiger partial charge in [0.05, 0.1) is 10.7 Å². The summed E-state index contributed by atoms with van der Waals surface area (Å²) in [6.07, 6.45) is 6.12. The van der Waals surface area contributed by atoms with E-state index in [0.29, 0.717) is 6.04 Å². The van der Waals surface area contributed by atoms with Crippen LogP contribution in [0, 0.1) is 12.8 Å². The summed E-state index contributed by atoms with van der Waals surface area (Å²) in [4.78, 5) is 8.79. The number of guanidine groups is 1. The van der Waals surface area contributed by atoms with Gasteiger partial charge in [0.1, 0.15) is 0 Å². The van der Waals surface area contributed by atoms with E-state index in [9.17, 15) is 0 Å². The maximum atomic E-state index is 4.48. The van der Waals surface area contributed by atoms with Crippen molar-refractivity contribution in [3.63, 3.8) is 0 Å². The Morgan fingerprint density at radius 1 is 1.38 bits per heavy atom. The van der Waals surface area contributed by atoms with E-state index in [2.05, 4.69) is 32.9 Å². The molecule has 0 amide bonds. The second-order valence-corrected chi connectivity index (χ2v) is 6.77. The van der Waals surface area contributed by atoms with Gasteiger partial charge in [-0.05, 0) is 38.5 Å². The largest absolute Gasteiger partial charge is 0.356 e. The van der Waals surface area contributed by atoms with E-state index in [1.807, 2.05) is 14.0 Å². The van der Waals surface area contributed by atoms with Gasteiger partial charge in [0, 0.05) is 31.4 Å². The topological polar surface area (TPSA) is 49.3 Å². The number of thiazole rings is 1. The Balaban J connectivity index is 0.00000220. The van der Waals surface area contributed by atoms with Crippen LogP contribution in [0.3, 0.4) is 0 Å². The zero-order valence-corrected chi connectivity index (χ0v) is 16.3. The molecule has 2 rings (SSSR count). The lowest BCUT2D eigenvalue weighted by molar-refractivity contribution is 0.329. The van der Waals surface area contributed by atoms with Crippen molar-refractivity contribution >= 4 is 41.3 Å². The predicted octanol–water partition coefficient (Wildman–Crippen LogP) is 3.36. The molecule has 0 radical (unpaired) electrons. The van der Waals surface area contributed by atoms with E-state index in [1.54, 1.807) is 11.3 Å². The molecule has 2 N–H and O–H groups in total. The lowest BCUT2D eigenvalue weighted by Crippen LogP contribution is -2.45. The van der Waals surface area contributed by atoms with Gasteiger partial charge in [-0.3, -0.25) is 4.99 Å². The van der Waals surface area contributed by atoms with Crippen LogP contribution >= 0.6 is 35.3 Å². The summed E-state index contributed by atoms with van der Waals surface area (Å²) < 4.78 is 0. The fourth-order valence-corrected chi connectivity index (χ4v) is 3.27. The van der Waals surface area contributed by atoms with Crippen LogP contribution in [-0.4, -0.2) is 30.6 Å². The highest BCUT2D eigenvalue weighted by molar-refractivity contribution is 14.0. The highest BCUT2D eigenvalue weighted by Crippen LogP contribution is 2.23. The summed E-state index contributed by atoms with van der Waals surface area (Å²) in [5, 5.41) is 10.2. The van der Waals surface area contributed by atoms with Crippen molar-refractivity contribution in [1.29, 1.82) is 0 Å². The lowest BCUT2D eigenvalue weighted by Gasteiger charge is -2.28. The zero-order chi connectivity index (χ0) is 14.4. The fourth-order valence-electron chi connectivity index (χ4n) is 2.62. The van der Waals surface area contributed by atoms with Crippen molar-refractivity contribution in [3.8, 4) is 0 Å². The first-order valence-corrected chi connectivity index (χ1v) is 8.43. The van der Waals surface area contributed by atoms with E-state index in [1.165, 1.54) is 31.4 Å². The van der Waals surface area contributed by atoms with Crippen LogP contribution in [-0.2, 0) is 6.42 Å². The number of hydrogen-bond acceptors (Lipinski definition) is 3. The summed E-state index contributed by atoms with van der Waals surface area (Å²) in [6.45, 7) is 5.28. The van der Waals surface area contributed by atoms with Gasteiger partial charge >= 0.3 is 0 Å². The zero-order valence-electron chi connectivity index (χ0n) is 13.2. The van der Waals surface area contributed by atoms with Gasteiger partial charge in [0.15, 0.2) is 5.96 Å². The molecule has 0 spiro atoms. The van der Waals surface area contributed by atoms with E-state index >= 15 is 0 Å². The average Bonchev–Trinajstić information content (AvgIpc) is 2.85. The number of nitrogens with one attached hydrogen (secondary N) is 2. The molecule has 0 unspecified atom stereocenters. The fraction of sp³-hybridized carbons (Fsp3) is 0.733. The number of rotatable bonds is 4. The highest BCUT2D eigenvalue weighted by Gasteiger charge is 2.18. The van der Waals surface area contributed by atoms with Gasteiger partial charge in [-0.15, -0.1) is 35.3 Å². The quantitative estimate of drug-likeness (QED) is 0.445. The second kappa shape index (κ2) is 9.61. The van der Waals surface area contributed by atoms with Crippen LogP contribution in [0.1, 0.15) is 43.3 Å². The van der Waals surface area contributed by atoms with Crippen molar-refractivity contribution in [2.45, 2.75) is 52.0 Å². The lowest BCUT2D eigenvalue weighted by atomic mass is 9.87. The summed E-state index contributed by atoms with van der Waals surface area (Å²) in [5.74, 6) is 1.81. The van der Waals surface area contributed by atoms with E-state index in [4.69, 9.17) is 0 Å². The van der Waals surface area contributed by atoms with E-state index < -0.39 is 0 Å². The van der Waals surface area contributed by atoms with Crippen LogP contribution in [0.25, 0.3) is 0 Å². The number of nitrogens with zero attached hydrogens (tertiary/aromatic N) is 2. The number of hydrogen-bond donors (Lipinski definition) is 2. The normalized spacial score (nSPS) is 22.5. The number of aryl methyl sites for hydroxylation is 1. The molecule has 0 bridgehead atoms. The number of aromatic nitrogens is 1. The van der Waals surface area contributed by atoms with Crippen LogP contribution in [0.2, 0.25) is 0 Å². The van der Waals surface area contributed by atoms with E-state index in [0.717, 1.165) is 29.9 Å². The Morgan fingerprint density at radius 3 is 2.67 bits per heavy atom. The predicted molar refractivity (Wildman–Crippen MR) is 102 cm³/mol. The molecule has 0 atom stereocenters. The first-order chi connectivity index (χ1) is 9.67. The summed E-state index contributed by atoms with van der Waals surface area (Å²) in [5.41, 5.74) is 1.17. The average molecular weight is 422 g/mol. The number of halogens is 1. The Labute approximate surface area is 149 Å². The van der Waals surface area contributed by atoms with Crippen LogP contribution in [0.15, 0.2) is 10.4 Å². The Morgan fingerprint density at radius 2 is 2.10 bits per heavy atom. The minimum atomic E-state index is 0. The van der Waals surface area contributed by atoms with Crippen molar-refractivity contribution in [3.05, 3.63) is 16.1 Å². The van der Waals surface area contributed by atoms with Gasteiger partial charge in [-0.2, -0.15) is 0 Å². The molecule has 0 aliphatic heterocycles. The van der Waals surface area contributed by atoms with Gasteiger partial charge in [-0.25, -0.2) is 4.98 Å². The first kappa shape index (κ1) is 18.7. The van der Waals surface area contributed by atoms with Crippen LogP contribution in [0.4, 0.5) is 0 Å². The maximum Gasteiger partial charge on any atom is 0.191 e. The third-order valence-electron chi connectivity index (χ3n) is 3.92. The molecule has 1 aliphatic rings. The third-order valence-corrected chi connectivity index (χ3v) is 4.74. The summed E-state index contributed by atoms with van der Waals surface area (Å²) in [7, 11) is 1.84. The monoisotopic (exact) mass is 422 g/mol. The van der Waals surface area contributed by atoms with Gasteiger partial charge in [0.25, 0.3) is 0 Å². The molecular formula is C15H27IN4S. The standard InChI is InChI=1S/C15H26N4S.HI/c1-11-4-6-13(7-5-11)19-15(16-3)17-9-8-14-10-20-12(2)18-14;/h10-11,13H,4-9H2,1-3H3,(H2,16,17,19);1H. The van der Waals surface area contributed by atoms with Crippen molar-refractivity contribution < 1.29 is 0 Å². The van der Waals surface area contributed by atoms with Gasteiger partial charge < -0.3 is 10.6 Å². The third kappa shape index (κ3) is 6.50. The summed E-state index contributed by atoms with van der Waals surface area (Å²) in [6, 6.07) is 0.582. The van der Waals surface area contributed by atoms with Crippen LogP contribution < -0.4 is 10.6 Å². The number of aliphatic imine (C=N–C) groups is 1. The molecule has 1 heterocycles. The van der Waals surface area contributed by atoms with Crippen molar-refractivity contribution in [1.82, 2.24) is 15.6 Å². The second-order valence-electron chi connectivity index (χ2n) is 5.71. The molecule has 0 saturated heterocycles. The highest BCUT2D eigenvalue weighted by atomic mass is 127. The molecule has 4 nitrogen and oxygen atoms in total. The van der Waals surface area contributed by atoms with Crippen LogP contribution in [0.5, 0.6) is 0 Å². The molecule has 1 saturated carbocycles. The first-order valence-electron chi connectivity index (χ1n) is 7.55. The molecule has 120 valence electrons. The van der Waals surface area contributed by atoms with Crippen molar-refractivity contribution in [2.24, 2.45) is 10.9 Å².